The highest BCUT2D eigenvalue weighted by atomic mass is 19.1. The van der Waals surface area contributed by atoms with Crippen LogP contribution in [0, 0.1) is 18.6 Å². The highest BCUT2D eigenvalue weighted by Gasteiger charge is 2.32. The Morgan fingerprint density at radius 1 is 1.26 bits per heavy atom. The van der Waals surface area contributed by atoms with Crippen LogP contribution in [0.5, 0.6) is 0 Å². The SMILES string of the molecule is Cc1ccc(F)c(C(=O)CC2(N)CCCCC2)c1F. The maximum absolute atomic E-state index is 13.9. The van der Waals surface area contributed by atoms with E-state index in [9.17, 15) is 13.6 Å². The first-order chi connectivity index (χ1) is 8.93. The number of aryl methyl sites for hydroxylation is 1. The molecule has 0 aromatic heterocycles. The van der Waals surface area contributed by atoms with E-state index in [1.165, 1.54) is 13.0 Å². The Morgan fingerprint density at radius 3 is 2.53 bits per heavy atom. The third kappa shape index (κ3) is 3.00. The van der Waals surface area contributed by atoms with Gasteiger partial charge in [0.05, 0.1) is 5.56 Å². The zero-order chi connectivity index (χ0) is 14.0. The van der Waals surface area contributed by atoms with Crippen LogP contribution >= 0.6 is 0 Å². The summed E-state index contributed by atoms with van der Waals surface area (Å²) < 4.78 is 27.5. The molecule has 0 aliphatic heterocycles. The molecule has 0 amide bonds. The quantitative estimate of drug-likeness (QED) is 0.852. The van der Waals surface area contributed by atoms with E-state index < -0.39 is 28.5 Å². The highest BCUT2D eigenvalue weighted by molar-refractivity contribution is 5.97. The van der Waals surface area contributed by atoms with Crippen molar-refractivity contribution in [1.29, 1.82) is 0 Å². The zero-order valence-electron chi connectivity index (χ0n) is 11.1. The van der Waals surface area contributed by atoms with Gasteiger partial charge in [-0.25, -0.2) is 8.78 Å². The summed E-state index contributed by atoms with van der Waals surface area (Å²) in [4.78, 5) is 12.2. The minimum Gasteiger partial charge on any atom is -0.325 e. The number of carbonyl (C=O) groups is 1. The summed E-state index contributed by atoms with van der Waals surface area (Å²) in [6.45, 7) is 1.52. The molecule has 1 fully saturated rings. The van der Waals surface area contributed by atoms with Crippen molar-refractivity contribution in [2.45, 2.75) is 51.0 Å². The van der Waals surface area contributed by atoms with Crippen LogP contribution in [0.1, 0.15) is 54.4 Å². The van der Waals surface area contributed by atoms with Crippen LogP contribution in [0.2, 0.25) is 0 Å². The zero-order valence-corrected chi connectivity index (χ0v) is 11.1. The Morgan fingerprint density at radius 2 is 1.89 bits per heavy atom. The van der Waals surface area contributed by atoms with Gasteiger partial charge in [-0.15, -0.1) is 0 Å². The molecule has 0 atom stereocenters. The van der Waals surface area contributed by atoms with Crippen molar-refractivity contribution in [1.82, 2.24) is 0 Å². The molecular formula is C15H19F2NO. The van der Waals surface area contributed by atoms with Gasteiger partial charge in [-0.3, -0.25) is 4.79 Å². The molecule has 0 unspecified atom stereocenters. The van der Waals surface area contributed by atoms with E-state index in [4.69, 9.17) is 5.73 Å². The molecule has 0 heterocycles. The molecule has 4 heteroatoms. The number of rotatable bonds is 3. The van der Waals surface area contributed by atoms with Gasteiger partial charge in [0.1, 0.15) is 11.6 Å². The van der Waals surface area contributed by atoms with Crippen molar-refractivity contribution in [2.24, 2.45) is 5.73 Å². The Hall–Kier alpha value is -1.29. The fourth-order valence-corrected chi connectivity index (χ4v) is 2.75. The number of ketones is 1. The van der Waals surface area contributed by atoms with Gasteiger partial charge in [0.25, 0.3) is 0 Å². The van der Waals surface area contributed by atoms with E-state index in [0.29, 0.717) is 0 Å². The molecule has 1 saturated carbocycles. The Kier molecular flexibility index (Phi) is 3.99. The first-order valence-corrected chi connectivity index (χ1v) is 6.70. The summed E-state index contributed by atoms with van der Waals surface area (Å²) in [5.41, 5.74) is 5.41. The van der Waals surface area contributed by atoms with Gasteiger partial charge < -0.3 is 5.73 Å². The molecular weight excluding hydrogens is 248 g/mol. The monoisotopic (exact) mass is 267 g/mol. The lowest BCUT2D eigenvalue weighted by molar-refractivity contribution is 0.0926. The van der Waals surface area contributed by atoms with Crippen LogP contribution in [0.25, 0.3) is 0 Å². The maximum Gasteiger partial charge on any atom is 0.170 e. The van der Waals surface area contributed by atoms with Crippen molar-refractivity contribution >= 4 is 5.78 Å². The van der Waals surface area contributed by atoms with Gasteiger partial charge in [-0.2, -0.15) is 0 Å². The number of Topliss-reactive ketones (excluding diaryl/α,β-unsaturated/α-hetero) is 1. The van der Waals surface area contributed by atoms with Crippen LogP contribution in [-0.2, 0) is 0 Å². The predicted molar refractivity (Wildman–Crippen MR) is 70.0 cm³/mol. The fraction of sp³-hybridized carbons (Fsp3) is 0.533. The largest absolute Gasteiger partial charge is 0.325 e. The summed E-state index contributed by atoms with van der Waals surface area (Å²) in [5.74, 6) is -2.08. The second-order valence-corrected chi connectivity index (χ2v) is 5.58. The van der Waals surface area contributed by atoms with Crippen LogP contribution in [0.15, 0.2) is 12.1 Å². The van der Waals surface area contributed by atoms with Gasteiger partial charge in [-0.1, -0.05) is 25.3 Å². The summed E-state index contributed by atoms with van der Waals surface area (Å²) in [6.07, 6.45) is 4.57. The van der Waals surface area contributed by atoms with E-state index in [-0.39, 0.29) is 12.0 Å². The average Bonchev–Trinajstić information content (AvgIpc) is 2.34. The molecule has 1 aliphatic rings. The summed E-state index contributed by atoms with van der Waals surface area (Å²) >= 11 is 0. The van der Waals surface area contributed by atoms with Gasteiger partial charge in [0, 0.05) is 12.0 Å². The minimum absolute atomic E-state index is 0.0181. The topological polar surface area (TPSA) is 43.1 Å². The van der Waals surface area contributed by atoms with Crippen LogP contribution in [0.3, 0.4) is 0 Å². The molecule has 2 rings (SSSR count). The average molecular weight is 267 g/mol. The van der Waals surface area contributed by atoms with Crippen molar-refractivity contribution in [3.05, 3.63) is 34.9 Å². The first-order valence-electron chi connectivity index (χ1n) is 6.70. The third-order valence-corrected chi connectivity index (χ3v) is 3.92. The van der Waals surface area contributed by atoms with E-state index in [1.807, 2.05) is 0 Å². The molecule has 1 aliphatic carbocycles. The molecule has 19 heavy (non-hydrogen) atoms. The van der Waals surface area contributed by atoms with Crippen molar-refractivity contribution in [3.8, 4) is 0 Å². The molecule has 0 spiro atoms. The number of carbonyl (C=O) groups excluding carboxylic acids is 1. The standard InChI is InChI=1S/C15H19F2NO/c1-10-5-6-11(16)13(14(10)17)12(19)9-15(18)7-3-2-4-8-15/h5-6H,2-4,7-9,18H2,1H3. The van der Waals surface area contributed by atoms with E-state index in [0.717, 1.165) is 38.2 Å². The minimum atomic E-state index is -0.799. The number of hydrogen-bond donors (Lipinski definition) is 1. The number of halogens is 2. The molecule has 2 N–H and O–H groups in total. The van der Waals surface area contributed by atoms with E-state index >= 15 is 0 Å². The van der Waals surface area contributed by atoms with Crippen LogP contribution in [-0.4, -0.2) is 11.3 Å². The van der Waals surface area contributed by atoms with Gasteiger partial charge >= 0.3 is 0 Å². The van der Waals surface area contributed by atoms with E-state index in [2.05, 4.69) is 0 Å². The third-order valence-electron chi connectivity index (χ3n) is 3.92. The molecule has 1 aromatic rings. The molecule has 0 saturated heterocycles. The second-order valence-electron chi connectivity index (χ2n) is 5.58. The molecule has 0 radical (unpaired) electrons. The van der Waals surface area contributed by atoms with Crippen LogP contribution in [0.4, 0.5) is 8.78 Å². The maximum atomic E-state index is 13.9. The normalized spacial score (nSPS) is 18.3. The van der Waals surface area contributed by atoms with E-state index in [1.54, 1.807) is 0 Å². The lowest BCUT2D eigenvalue weighted by atomic mass is 9.78. The Balaban J connectivity index is 2.23. The van der Waals surface area contributed by atoms with Gasteiger partial charge in [0.15, 0.2) is 5.78 Å². The summed E-state index contributed by atoms with van der Waals surface area (Å²) in [6, 6.07) is 2.47. The molecule has 2 nitrogen and oxygen atoms in total. The lowest BCUT2D eigenvalue weighted by Crippen LogP contribution is -2.43. The van der Waals surface area contributed by atoms with Crippen molar-refractivity contribution < 1.29 is 13.6 Å². The Bertz CT molecular complexity index is 493. The number of hydrogen-bond acceptors (Lipinski definition) is 2. The second kappa shape index (κ2) is 5.37. The van der Waals surface area contributed by atoms with Crippen molar-refractivity contribution in [2.75, 3.05) is 0 Å². The van der Waals surface area contributed by atoms with Gasteiger partial charge in [0.2, 0.25) is 0 Å². The number of nitrogens with two attached hydrogens (primary N) is 1. The lowest BCUT2D eigenvalue weighted by Gasteiger charge is -2.32. The first kappa shape index (κ1) is 14.1. The summed E-state index contributed by atoms with van der Waals surface area (Å²) in [7, 11) is 0. The molecule has 1 aromatic carbocycles. The molecule has 0 bridgehead atoms. The smallest absolute Gasteiger partial charge is 0.170 e. The predicted octanol–water partition coefficient (Wildman–Crippen LogP) is 3.51. The highest BCUT2D eigenvalue weighted by Crippen LogP contribution is 2.30. The molecule has 104 valence electrons. The number of benzene rings is 1. The summed E-state index contributed by atoms with van der Waals surface area (Å²) in [5, 5.41) is 0. The van der Waals surface area contributed by atoms with Crippen molar-refractivity contribution in [3.63, 3.8) is 0 Å². The Labute approximate surface area is 112 Å². The van der Waals surface area contributed by atoms with Crippen LogP contribution < -0.4 is 5.73 Å². The fourth-order valence-electron chi connectivity index (χ4n) is 2.75. The van der Waals surface area contributed by atoms with Gasteiger partial charge in [-0.05, 0) is 31.4 Å².